The molecular weight excluding hydrogens is 194 g/mol. The van der Waals surface area contributed by atoms with Crippen LogP contribution in [0.1, 0.15) is 16.9 Å². The summed E-state index contributed by atoms with van der Waals surface area (Å²) < 4.78 is 4.69. The first-order valence-electron chi connectivity index (χ1n) is 5.28. The van der Waals surface area contributed by atoms with Gasteiger partial charge in [0.1, 0.15) is 6.26 Å². The van der Waals surface area contributed by atoms with E-state index in [1.807, 2.05) is 4.90 Å². The molecule has 15 heavy (non-hydrogen) atoms. The highest BCUT2D eigenvalue weighted by Crippen LogP contribution is 2.28. The minimum Gasteiger partial charge on any atom is -0.364 e. The molecule has 0 spiro atoms. The van der Waals surface area contributed by atoms with Crippen molar-refractivity contribution in [3.63, 3.8) is 0 Å². The van der Waals surface area contributed by atoms with E-state index in [1.165, 1.54) is 6.26 Å². The standard InChI is InChI=1S/C10H13N3O2/c14-10(8-2-4-15-12-8)13-3-1-7-5-11-6-9(7)13/h2,4,7,9,11H,1,3,5-6H2. The van der Waals surface area contributed by atoms with Gasteiger partial charge in [0.25, 0.3) is 5.91 Å². The van der Waals surface area contributed by atoms with E-state index < -0.39 is 0 Å². The lowest BCUT2D eigenvalue weighted by Crippen LogP contribution is -2.39. The molecular formula is C10H13N3O2. The zero-order valence-corrected chi connectivity index (χ0v) is 8.35. The van der Waals surface area contributed by atoms with E-state index >= 15 is 0 Å². The summed E-state index contributed by atoms with van der Waals surface area (Å²) in [6.45, 7) is 2.80. The van der Waals surface area contributed by atoms with Crippen LogP contribution >= 0.6 is 0 Å². The number of hydrogen-bond acceptors (Lipinski definition) is 4. The number of rotatable bonds is 1. The second-order valence-corrected chi connectivity index (χ2v) is 4.16. The van der Waals surface area contributed by atoms with Crippen molar-refractivity contribution < 1.29 is 9.32 Å². The predicted molar refractivity (Wildman–Crippen MR) is 52.3 cm³/mol. The van der Waals surface area contributed by atoms with Crippen LogP contribution in [0.3, 0.4) is 0 Å². The first-order chi connectivity index (χ1) is 7.36. The van der Waals surface area contributed by atoms with Gasteiger partial charge in [0.15, 0.2) is 5.69 Å². The van der Waals surface area contributed by atoms with Crippen LogP contribution in [-0.2, 0) is 0 Å². The molecule has 0 bridgehead atoms. The summed E-state index contributed by atoms with van der Waals surface area (Å²) in [7, 11) is 0. The Kier molecular flexibility index (Phi) is 1.98. The molecule has 0 radical (unpaired) electrons. The van der Waals surface area contributed by atoms with Gasteiger partial charge in [-0.1, -0.05) is 5.16 Å². The van der Waals surface area contributed by atoms with Crippen molar-refractivity contribution in [3.05, 3.63) is 18.0 Å². The maximum atomic E-state index is 12.0. The molecule has 5 heteroatoms. The molecule has 80 valence electrons. The molecule has 2 aliphatic rings. The molecule has 1 aromatic rings. The van der Waals surface area contributed by atoms with Gasteiger partial charge >= 0.3 is 0 Å². The van der Waals surface area contributed by atoms with Crippen molar-refractivity contribution >= 4 is 5.91 Å². The molecule has 3 rings (SSSR count). The average Bonchev–Trinajstić information content (AvgIpc) is 2.94. The van der Waals surface area contributed by atoms with E-state index in [0.29, 0.717) is 17.7 Å². The minimum absolute atomic E-state index is 0.0000463. The second-order valence-electron chi connectivity index (χ2n) is 4.16. The van der Waals surface area contributed by atoms with Gasteiger partial charge < -0.3 is 14.7 Å². The van der Waals surface area contributed by atoms with Crippen molar-refractivity contribution in [2.24, 2.45) is 5.92 Å². The molecule has 2 unspecified atom stereocenters. The highest BCUT2D eigenvalue weighted by Gasteiger charge is 2.40. The van der Waals surface area contributed by atoms with Crippen LogP contribution < -0.4 is 5.32 Å². The fourth-order valence-corrected chi connectivity index (χ4v) is 2.57. The topological polar surface area (TPSA) is 58.4 Å². The molecule has 2 saturated heterocycles. The lowest BCUT2D eigenvalue weighted by molar-refractivity contribution is 0.0726. The smallest absolute Gasteiger partial charge is 0.276 e. The van der Waals surface area contributed by atoms with Crippen molar-refractivity contribution in [1.29, 1.82) is 0 Å². The van der Waals surface area contributed by atoms with Gasteiger partial charge in [-0.15, -0.1) is 0 Å². The quantitative estimate of drug-likeness (QED) is 0.710. The maximum absolute atomic E-state index is 12.0. The van der Waals surface area contributed by atoms with E-state index in [4.69, 9.17) is 4.52 Å². The highest BCUT2D eigenvalue weighted by atomic mass is 16.5. The van der Waals surface area contributed by atoms with Crippen molar-refractivity contribution in [2.75, 3.05) is 19.6 Å². The molecule has 0 aliphatic carbocycles. The van der Waals surface area contributed by atoms with Gasteiger partial charge in [0.2, 0.25) is 0 Å². The number of aromatic nitrogens is 1. The van der Waals surface area contributed by atoms with E-state index in [-0.39, 0.29) is 5.91 Å². The fraction of sp³-hybridized carbons (Fsp3) is 0.600. The van der Waals surface area contributed by atoms with Crippen molar-refractivity contribution in [3.8, 4) is 0 Å². The first kappa shape index (κ1) is 8.91. The SMILES string of the molecule is O=C(c1ccon1)N1CCC2CNCC21. The Hall–Kier alpha value is -1.36. The molecule has 0 aromatic carbocycles. The highest BCUT2D eigenvalue weighted by molar-refractivity contribution is 5.92. The summed E-state index contributed by atoms with van der Waals surface area (Å²) in [5, 5.41) is 7.00. The monoisotopic (exact) mass is 207 g/mol. The largest absolute Gasteiger partial charge is 0.364 e. The first-order valence-corrected chi connectivity index (χ1v) is 5.28. The van der Waals surface area contributed by atoms with Gasteiger partial charge in [-0.25, -0.2) is 0 Å². The molecule has 1 aromatic heterocycles. The molecule has 0 saturated carbocycles. The van der Waals surface area contributed by atoms with Gasteiger partial charge in [0, 0.05) is 31.7 Å². The molecule has 2 atom stereocenters. The van der Waals surface area contributed by atoms with Gasteiger partial charge in [-0.05, 0) is 12.3 Å². The minimum atomic E-state index is -0.0000463. The second kappa shape index (κ2) is 3.34. The van der Waals surface area contributed by atoms with Crippen LogP contribution in [0.15, 0.2) is 16.9 Å². The third-order valence-corrected chi connectivity index (χ3v) is 3.36. The molecule has 1 N–H and O–H groups in total. The maximum Gasteiger partial charge on any atom is 0.276 e. The molecule has 1 amide bonds. The Morgan fingerprint density at radius 2 is 2.53 bits per heavy atom. The average molecular weight is 207 g/mol. The Labute approximate surface area is 87.4 Å². The number of amides is 1. The number of carbonyl (C=O) groups excluding carboxylic acids is 1. The number of likely N-dealkylation sites (tertiary alicyclic amines) is 1. The zero-order valence-electron chi connectivity index (χ0n) is 8.35. The van der Waals surface area contributed by atoms with Crippen LogP contribution in [0, 0.1) is 5.92 Å². The van der Waals surface area contributed by atoms with Gasteiger partial charge in [0.05, 0.1) is 0 Å². The number of fused-ring (bicyclic) bond motifs is 1. The lowest BCUT2D eigenvalue weighted by atomic mass is 10.1. The molecule has 5 nitrogen and oxygen atoms in total. The van der Waals surface area contributed by atoms with Crippen molar-refractivity contribution in [1.82, 2.24) is 15.4 Å². The number of carbonyl (C=O) groups is 1. The Morgan fingerprint density at radius 1 is 1.60 bits per heavy atom. The molecule has 3 heterocycles. The summed E-state index contributed by atoms with van der Waals surface area (Å²) in [5.74, 6) is 0.626. The van der Waals surface area contributed by atoms with E-state index in [2.05, 4.69) is 10.5 Å². The Bertz CT molecular complexity index is 363. The molecule has 2 fully saturated rings. The van der Waals surface area contributed by atoms with Crippen LogP contribution in [0.25, 0.3) is 0 Å². The normalized spacial score (nSPS) is 29.5. The Morgan fingerprint density at radius 3 is 3.33 bits per heavy atom. The summed E-state index contributed by atoms with van der Waals surface area (Å²) >= 11 is 0. The Balaban J connectivity index is 1.80. The van der Waals surface area contributed by atoms with Gasteiger partial charge in [-0.2, -0.15) is 0 Å². The summed E-state index contributed by atoms with van der Waals surface area (Å²) in [6.07, 6.45) is 2.54. The van der Waals surface area contributed by atoms with Gasteiger partial charge in [-0.3, -0.25) is 4.79 Å². The number of nitrogens with one attached hydrogen (secondary N) is 1. The van der Waals surface area contributed by atoms with Crippen LogP contribution in [0.2, 0.25) is 0 Å². The number of hydrogen-bond donors (Lipinski definition) is 1. The van der Waals surface area contributed by atoms with Crippen molar-refractivity contribution in [2.45, 2.75) is 12.5 Å². The number of nitrogens with zero attached hydrogens (tertiary/aromatic N) is 2. The zero-order chi connectivity index (χ0) is 10.3. The summed E-state index contributed by atoms with van der Waals surface area (Å²) in [6, 6.07) is 1.98. The van der Waals surface area contributed by atoms with Crippen LogP contribution in [0.5, 0.6) is 0 Å². The fourth-order valence-electron chi connectivity index (χ4n) is 2.57. The predicted octanol–water partition coefficient (Wildman–Crippen LogP) is 0.108. The van der Waals surface area contributed by atoms with Crippen LogP contribution in [0.4, 0.5) is 0 Å². The van der Waals surface area contributed by atoms with Crippen LogP contribution in [-0.4, -0.2) is 41.6 Å². The van der Waals surface area contributed by atoms with E-state index in [0.717, 1.165) is 26.1 Å². The molecule has 2 aliphatic heterocycles. The summed E-state index contributed by atoms with van der Waals surface area (Å²) in [5.41, 5.74) is 0.419. The third-order valence-electron chi connectivity index (χ3n) is 3.36. The van der Waals surface area contributed by atoms with E-state index in [9.17, 15) is 4.79 Å². The lowest BCUT2D eigenvalue weighted by Gasteiger charge is -2.21. The summed E-state index contributed by atoms with van der Waals surface area (Å²) in [4.78, 5) is 13.9. The third kappa shape index (κ3) is 1.34. The van der Waals surface area contributed by atoms with E-state index in [1.54, 1.807) is 6.07 Å².